The quantitative estimate of drug-likeness (QED) is 0.592. The number of aromatic nitrogens is 1. The Bertz CT molecular complexity index is 940. The van der Waals surface area contributed by atoms with E-state index in [0.29, 0.717) is 5.76 Å². The third kappa shape index (κ3) is 3.21. The van der Waals surface area contributed by atoms with E-state index in [-0.39, 0.29) is 27.1 Å². The van der Waals surface area contributed by atoms with Crippen LogP contribution < -0.4 is 0 Å². The molecule has 0 saturated heterocycles. The molecule has 8 heteroatoms. The Morgan fingerprint density at radius 2 is 1.80 bits per heavy atom. The largest absolute Gasteiger partial charge is 0.465 e. The van der Waals surface area contributed by atoms with Crippen LogP contribution in [0.15, 0.2) is 27.7 Å². The Hall–Kier alpha value is -2.48. The van der Waals surface area contributed by atoms with Crippen LogP contribution in [0, 0.1) is 13.8 Å². The fraction of sp³-hybridized carbons (Fsp3) is 0.353. The van der Waals surface area contributed by atoms with Crippen molar-refractivity contribution in [1.29, 1.82) is 0 Å². The van der Waals surface area contributed by atoms with E-state index in [4.69, 9.17) is 9.26 Å². The van der Waals surface area contributed by atoms with Crippen LogP contribution in [0.25, 0.3) is 0 Å². The van der Waals surface area contributed by atoms with Gasteiger partial charge in [0.05, 0.1) is 34.6 Å². The first-order valence-electron chi connectivity index (χ1n) is 7.54. The number of sulfone groups is 1. The first-order valence-corrected chi connectivity index (χ1v) is 9.09. The Morgan fingerprint density at radius 3 is 2.28 bits per heavy atom. The summed E-state index contributed by atoms with van der Waals surface area (Å²) >= 11 is 0. The summed E-state index contributed by atoms with van der Waals surface area (Å²) in [5, 5.41) is 2.84. The number of methoxy groups -OCH3 is 1. The third-order valence-corrected chi connectivity index (χ3v) is 6.18. The van der Waals surface area contributed by atoms with E-state index in [2.05, 4.69) is 5.16 Å². The van der Waals surface area contributed by atoms with E-state index in [1.165, 1.54) is 39.1 Å². The first-order chi connectivity index (χ1) is 11.6. The molecule has 0 N–H and O–H groups in total. The number of carbonyl (C=O) groups is 2. The fourth-order valence-corrected chi connectivity index (χ4v) is 3.73. The number of hydrogen-bond acceptors (Lipinski definition) is 7. The lowest BCUT2D eigenvalue weighted by Crippen LogP contribution is -2.21. The van der Waals surface area contributed by atoms with Gasteiger partial charge in [-0.25, -0.2) is 13.2 Å². The zero-order valence-electron chi connectivity index (χ0n) is 14.6. The van der Waals surface area contributed by atoms with E-state index in [1.54, 1.807) is 6.92 Å². The summed E-state index contributed by atoms with van der Waals surface area (Å²) in [5.41, 5.74) is 0.545. The standard InChI is InChI=1S/C17H19NO6S/c1-9(2)25(21,22)14-7-6-12(10(3)15(14)17(20)23-5)16(19)13-8-18-24-11(13)4/h6-9H,1-5H3. The van der Waals surface area contributed by atoms with Gasteiger partial charge in [-0.15, -0.1) is 0 Å². The highest BCUT2D eigenvalue weighted by atomic mass is 32.2. The predicted molar refractivity (Wildman–Crippen MR) is 89.5 cm³/mol. The molecule has 7 nitrogen and oxygen atoms in total. The van der Waals surface area contributed by atoms with Gasteiger partial charge in [0.25, 0.3) is 0 Å². The molecular weight excluding hydrogens is 346 g/mol. The molecule has 1 aromatic heterocycles. The molecule has 0 amide bonds. The van der Waals surface area contributed by atoms with Gasteiger partial charge in [-0.05, 0) is 45.4 Å². The molecule has 0 radical (unpaired) electrons. The maximum absolute atomic E-state index is 12.7. The van der Waals surface area contributed by atoms with Crippen molar-refractivity contribution in [3.63, 3.8) is 0 Å². The molecule has 0 atom stereocenters. The van der Waals surface area contributed by atoms with Gasteiger partial charge in [-0.2, -0.15) is 0 Å². The van der Waals surface area contributed by atoms with Crippen molar-refractivity contribution in [2.75, 3.05) is 7.11 Å². The van der Waals surface area contributed by atoms with Crippen molar-refractivity contribution in [2.24, 2.45) is 0 Å². The van der Waals surface area contributed by atoms with Crippen molar-refractivity contribution >= 4 is 21.6 Å². The highest BCUT2D eigenvalue weighted by Gasteiger charge is 2.30. The number of benzene rings is 1. The van der Waals surface area contributed by atoms with Gasteiger partial charge in [0.1, 0.15) is 5.76 Å². The van der Waals surface area contributed by atoms with Crippen LogP contribution in [0.3, 0.4) is 0 Å². The van der Waals surface area contributed by atoms with Crippen molar-refractivity contribution in [1.82, 2.24) is 5.16 Å². The number of hydrogen-bond donors (Lipinski definition) is 0. The molecule has 0 unspecified atom stereocenters. The van der Waals surface area contributed by atoms with Crippen LogP contribution in [0.2, 0.25) is 0 Å². The lowest BCUT2D eigenvalue weighted by Gasteiger charge is -2.16. The molecule has 1 heterocycles. The molecule has 0 aliphatic carbocycles. The van der Waals surface area contributed by atoms with E-state index in [1.807, 2.05) is 0 Å². The fourth-order valence-electron chi connectivity index (χ4n) is 2.44. The normalized spacial score (nSPS) is 11.6. The van der Waals surface area contributed by atoms with Gasteiger partial charge in [0, 0.05) is 5.56 Å². The molecular formula is C17H19NO6S. The molecule has 25 heavy (non-hydrogen) atoms. The minimum atomic E-state index is -3.73. The number of nitrogens with zero attached hydrogens (tertiary/aromatic N) is 1. The van der Waals surface area contributed by atoms with Gasteiger partial charge >= 0.3 is 5.97 Å². The molecule has 0 fully saturated rings. The number of aryl methyl sites for hydroxylation is 1. The van der Waals surface area contributed by atoms with Crippen molar-refractivity contribution < 1.29 is 27.3 Å². The monoisotopic (exact) mass is 365 g/mol. The minimum Gasteiger partial charge on any atom is -0.465 e. The summed E-state index contributed by atoms with van der Waals surface area (Å²) in [4.78, 5) is 24.8. The summed E-state index contributed by atoms with van der Waals surface area (Å²) in [6, 6.07) is 2.66. The third-order valence-electron chi connectivity index (χ3n) is 3.98. The van der Waals surface area contributed by atoms with Gasteiger partial charge < -0.3 is 9.26 Å². The summed E-state index contributed by atoms with van der Waals surface area (Å²) in [5.74, 6) is -0.883. The van der Waals surface area contributed by atoms with Crippen LogP contribution in [-0.2, 0) is 14.6 Å². The molecule has 0 bridgehead atoms. The molecule has 134 valence electrons. The van der Waals surface area contributed by atoms with Crippen LogP contribution >= 0.6 is 0 Å². The number of carbonyl (C=O) groups excluding carboxylic acids is 2. The van der Waals surface area contributed by atoms with E-state index in [0.717, 1.165) is 7.11 Å². The topological polar surface area (TPSA) is 104 Å². The van der Waals surface area contributed by atoms with Gasteiger partial charge in [0.2, 0.25) is 0 Å². The van der Waals surface area contributed by atoms with Gasteiger partial charge in [-0.3, -0.25) is 4.79 Å². The van der Waals surface area contributed by atoms with Crippen molar-refractivity contribution in [2.45, 2.75) is 37.8 Å². The maximum Gasteiger partial charge on any atom is 0.339 e. The smallest absolute Gasteiger partial charge is 0.339 e. The second-order valence-electron chi connectivity index (χ2n) is 5.82. The Balaban J connectivity index is 2.74. The van der Waals surface area contributed by atoms with Crippen molar-refractivity contribution in [3.05, 3.63) is 46.3 Å². The second kappa shape index (κ2) is 6.79. The number of ether oxygens (including phenoxy) is 1. The van der Waals surface area contributed by atoms with Gasteiger partial charge in [-0.1, -0.05) is 5.16 Å². The average molecular weight is 365 g/mol. The molecule has 0 aliphatic heterocycles. The van der Waals surface area contributed by atoms with Crippen LogP contribution in [-0.4, -0.2) is 37.7 Å². The molecule has 2 rings (SSSR count). The van der Waals surface area contributed by atoms with Crippen LogP contribution in [0.4, 0.5) is 0 Å². The lowest BCUT2D eigenvalue weighted by atomic mass is 9.96. The maximum atomic E-state index is 12.7. The zero-order chi connectivity index (χ0) is 18.9. The molecule has 1 aromatic carbocycles. The van der Waals surface area contributed by atoms with Crippen LogP contribution in [0.1, 0.15) is 51.5 Å². The first kappa shape index (κ1) is 18.9. The second-order valence-corrected chi connectivity index (χ2v) is 8.29. The Kier molecular flexibility index (Phi) is 5.12. The Labute approximate surface area is 145 Å². The Morgan fingerprint density at radius 1 is 1.16 bits per heavy atom. The summed E-state index contributed by atoms with van der Waals surface area (Å²) in [6.45, 7) is 6.15. The summed E-state index contributed by atoms with van der Waals surface area (Å²) in [7, 11) is -2.57. The number of ketones is 1. The molecule has 0 saturated carbocycles. The van der Waals surface area contributed by atoms with E-state index < -0.39 is 26.8 Å². The predicted octanol–water partition coefficient (Wildman–Crippen LogP) is 2.49. The highest BCUT2D eigenvalue weighted by Crippen LogP contribution is 2.28. The molecule has 0 spiro atoms. The zero-order valence-corrected chi connectivity index (χ0v) is 15.4. The summed E-state index contributed by atoms with van der Waals surface area (Å²) < 4.78 is 34.8. The minimum absolute atomic E-state index is 0.129. The van der Waals surface area contributed by atoms with E-state index >= 15 is 0 Å². The lowest BCUT2D eigenvalue weighted by molar-refractivity contribution is 0.0595. The van der Waals surface area contributed by atoms with E-state index in [9.17, 15) is 18.0 Å². The number of esters is 1. The average Bonchev–Trinajstić information content (AvgIpc) is 2.99. The number of rotatable bonds is 5. The summed E-state index contributed by atoms with van der Waals surface area (Å²) in [6.07, 6.45) is 1.29. The molecule has 0 aliphatic rings. The van der Waals surface area contributed by atoms with Crippen molar-refractivity contribution in [3.8, 4) is 0 Å². The SMILES string of the molecule is COC(=O)c1c(S(=O)(=O)C(C)C)ccc(C(=O)c2cnoc2C)c1C. The highest BCUT2D eigenvalue weighted by molar-refractivity contribution is 7.92. The van der Waals surface area contributed by atoms with Gasteiger partial charge in [0.15, 0.2) is 15.6 Å². The van der Waals surface area contributed by atoms with Crippen LogP contribution in [0.5, 0.6) is 0 Å². The molecule has 2 aromatic rings.